The number of pyridine rings is 1. The molecule has 1 aromatic rings. The number of anilines is 1. The van der Waals surface area contributed by atoms with E-state index in [0.717, 1.165) is 76.2 Å². The summed E-state index contributed by atoms with van der Waals surface area (Å²) in [7, 11) is 0. The molecule has 3 aliphatic rings. The van der Waals surface area contributed by atoms with Gasteiger partial charge in [0.05, 0.1) is 0 Å². The monoisotopic (exact) mass is 414 g/mol. The molecular formula is C23H34N4O3. The summed E-state index contributed by atoms with van der Waals surface area (Å²) in [6, 6.07) is 4.54. The number of hydrogen-bond donors (Lipinski definition) is 2. The van der Waals surface area contributed by atoms with Crippen LogP contribution in [0.3, 0.4) is 0 Å². The first-order valence-corrected chi connectivity index (χ1v) is 11.6. The minimum atomic E-state index is -0.746. The van der Waals surface area contributed by atoms with Gasteiger partial charge in [-0.3, -0.25) is 4.79 Å². The summed E-state index contributed by atoms with van der Waals surface area (Å²) in [4.78, 5) is 32.6. The normalized spacial score (nSPS) is 22.3. The molecule has 2 fully saturated rings. The van der Waals surface area contributed by atoms with E-state index in [1.54, 1.807) is 0 Å². The fourth-order valence-electron chi connectivity index (χ4n) is 5.11. The van der Waals surface area contributed by atoms with Crippen molar-refractivity contribution in [2.75, 3.05) is 38.0 Å². The van der Waals surface area contributed by atoms with Crippen molar-refractivity contribution >= 4 is 17.8 Å². The van der Waals surface area contributed by atoms with E-state index >= 15 is 0 Å². The summed E-state index contributed by atoms with van der Waals surface area (Å²) in [5, 5.41) is 12.3. The second-order valence-electron chi connectivity index (χ2n) is 9.14. The topological polar surface area (TPSA) is 85.8 Å². The number of urea groups is 1. The van der Waals surface area contributed by atoms with Gasteiger partial charge in [-0.15, -0.1) is 0 Å². The molecule has 2 saturated heterocycles. The lowest BCUT2D eigenvalue weighted by Gasteiger charge is -2.39. The third kappa shape index (κ3) is 5.24. The summed E-state index contributed by atoms with van der Waals surface area (Å²) >= 11 is 0. The molecule has 0 bridgehead atoms. The van der Waals surface area contributed by atoms with E-state index < -0.39 is 5.97 Å². The molecule has 4 rings (SSSR count). The summed E-state index contributed by atoms with van der Waals surface area (Å²) in [6.45, 7) is 4.13. The number of aryl methyl sites for hydroxylation is 1. The van der Waals surface area contributed by atoms with Crippen molar-refractivity contribution in [3.05, 3.63) is 23.4 Å². The van der Waals surface area contributed by atoms with Crippen LogP contribution in [-0.4, -0.2) is 64.6 Å². The van der Waals surface area contributed by atoms with Crippen LogP contribution in [0.4, 0.5) is 10.6 Å². The predicted octanol–water partition coefficient (Wildman–Crippen LogP) is 3.39. The van der Waals surface area contributed by atoms with Gasteiger partial charge < -0.3 is 20.2 Å². The van der Waals surface area contributed by atoms with Gasteiger partial charge in [-0.25, -0.2) is 9.78 Å². The van der Waals surface area contributed by atoms with Crippen LogP contribution in [0.2, 0.25) is 0 Å². The Kier molecular flexibility index (Phi) is 6.75. The lowest BCUT2D eigenvalue weighted by Crippen LogP contribution is -2.50. The summed E-state index contributed by atoms with van der Waals surface area (Å²) in [5.41, 5.74) is 2.49. The standard InChI is InChI=1S/C23H34N4O3/c28-21(29)8-5-18-3-2-12-27(16-18)23(30)26-13-9-17(10-14-26)15-20-7-6-19-4-1-11-24-22(19)25-20/h6-7,17-18H,1-5,8-16H2,(H,24,25)(H,28,29). The van der Waals surface area contributed by atoms with Crippen molar-refractivity contribution in [3.63, 3.8) is 0 Å². The second kappa shape index (κ2) is 9.67. The van der Waals surface area contributed by atoms with Gasteiger partial charge in [-0.2, -0.15) is 0 Å². The number of piperidine rings is 2. The Morgan fingerprint density at radius 2 is 1.90 bits per heavy atom. The largest absolute Gasteiger partial charge is 0.481 e. The molecule has 0 saturated carbocycles. The van der Waals surface area contributed by atoms with E-state index in [1.165, 1.54) is 12.0 Å². The van der Waals surface area contributed by atoms with Crippen LogP contribution in [-0.2, 0) is 17.6 Å². The molecule has 7 heteroatoms. The Morgan fingerprint density at radius 3 is 2.70 bits per heavy atom. The van der Waals surface area contributed by atoms with Gasteiger partial charge >= 0.3 is 12.0 Å². The minimum absolute atomic E-state index is 0.143. The highest BCUT2D eigenvalue weighted by molar-refractivity contribution is 5.74. The zero-order valence-electron chi connectivity index (χ0n) is 17.8. The first-order chi connectivity index (χ1) is 14.6. The number of carbonyl (C=O) groups excluding carboxylic acids is 1. The Morgan fingerprint density at radius 1 is 1.07 bits per heavy atom. The number of fused-ring (bicyclic) bond motifs is 1. The molecule has 4 heterocycles. The summed E-state index contributed by atoms with van der Waals surface area (Å²) < 4.78 is 0. The second-order valence-corrected chi connectivity index (χ2v) is 9.14. The van der Waals surface area contributed by atoms with Crippen LogP contribution in [0, 0.1) is 11.8 Å². The van der Waals surface area contributed by atoms with E-state index in [-0.39, 0.29) is 12.5 Å². The molecule has 1 atom stereocenters. The third-order valence-electron chi connectivity index (χ3n) is 6.89. The lowest BCUT2D eigenvalue weighted by atomic mass is 9.91. The number of nitrogens with one attached hydrogen (secondary N) is 1. The zero-order valence-corrected chi connectivity index (χ0v) is 17.8. The van der Waals surface area contributed by atoms with Gasteiger partial charge in [0.15, 0.2) is 0 Å². The minimum Gasteiger partial charge on any atom is -0.481 e. The molecular weight excluding hydrogens is 380 g/mol. The molecule has 1 aromatic heterocycles. The van der Waals surface area contributed by atoms with Crippen molar-refractivity contribution in [1.29, 1.82) is 0 Å². The number of nitrogens with zero attached hydrogens (tertiary/aromatic N) is 3. The van der Waals surface area contributed by atoms with Crippen molar-refractivity contribution < 1.29 is 14.7 Å². The Labute approximate surface area is 178 Å². The molecule has 2 N–H and O–H groups in total. The van der Waals surface area contributed by atoms with Gasteiger partial charge in [0.2, 0.25) is 0 Å². The first-order valence-electron chi connectivity index (χ1n) is 11.6. The highest BCUT2D eigenvalue weighted by Gasteiger charge is 2.30. The van der Waals surface area contributed by atoms with Gasteiger partial charge in [0, 0.05) is 44.8 Å². The van der Waals surface area contributed by atoms with Crippen molar-refractivity contribution in [2.24, 2.45) is 11.8 Å². The molecule has 0 aliphatic carbocycles. The van der Waals surface area contributed by atoms with Crippen LogP contribution >= 0.6 is 0 Å². The van der Waals surface area contributed by atoms with Crippen molar-refractivity contribution in [2.45, 2.75) is 57.8 Å². The number of amides is 2. The van der Waals surface area contributed by atoms with Crippen LogP contribution in [0.5, 0.6) is 0 Å². The maximum Gasteiger partial charge on any atom is 0.320 e. The summed E-state index contributed by atoms with van der Waals surface area (Å²) in [6.07, 6.45) is 8.20. The van der Waals surface area contributed by atoms with Gasteiger partial charge in [-0.05, 0) is 74.8 Å². The molecule has 0 aromatic carbocycles. The average molecular weight is 415 g/mol. The quantitative estimate of drug-likeness (QED) is 0.771. The van der Waals surface area contributed by atoms with E-state index in [4.69, 9.17) is 10.1 Å². The fourth-order valence-corrected chi connectivity index (χ4v) is 5.11. The van der Waals surface area contributed by atoms with E-state index in [0.29, 0.717) is 24.8 Å². The fraction of sp³-hybridized carbons (Fsp3) is 0.696. The Balaban J connectivity index is 1.25. The van der Waals surface area contributed by atoms with Gasteiger partial charge in [0.25, 0.3) is 0 Å². The molecule has 0 spiro atoms. The summed E-state index contributed by atoms with van der Waals surface area (Å²) in [5.74, 6) is 1.21. The number of hydrogen-bond acceptors (Lipinski definition) is 4. The van der Waals surface area contributed by atoms with Crippen molar-refractivity contribution in [3.8, 4) is 0 Å². The van der Waals surface area contributed by atoms with Gasteiger partial charge in [0.1, 0.15) is 5.82 Å². The van der Waals surface area contributed by atoms with Crippen LogP contribution < -0.4 is 5.32 Å². The average Bonchev–Trinajstić information content (AvgIpc) is 2.78. The zero-order chi connectivity index (χ0) is 20.9. The molecule has 1 unspecified atom stereocenters. The Hall–Kier alpha value is -2.31. The number of carboxylic acid groups (broad SMARTS) is 1. The number of carboxylic acids is 1. The van der Waals surface area contributed by atoms with Crippen LogP contribution in [0.15, 0.2) is 12.1 Å². The number of aromatic nitrogens is 1. The Bertz CT molecular complexity index is 761. The van der Waals surface area contributed by atoms with Crippen LogP contribution in [0.1, 0.15) is 56.2 Å². The van der Waals surface area contributed by atoms with E-state index in [1.807, 2.05) is 9.80 Å². The van der Waals surface area contributed by atoms with E-state index in [9.17, 15) is 9.59 Å². The van der Waals surface area contributed by atoms with Gasteiger partial charge in [-0.1, -0.05) is 6.07 Å². The van der Waals surface area contributed by atoms with Crippen LogP contribution in [0.25, 0.3) is 0 Å². The highest BCUT2D eigenvalue weighted by atomic mass is 16.4. The number of aliphatic carboxylic acids is 1. The molecule has 0 radical (unpaired) electrons. The smallest absolute Gasteiger partial charge is 0.320 e. The van der Waals surface area contributed by atoms with E-state index in [2.05, 4.69) is 17.4 Å². The maximum absolute atomic E-state index is 13.0. The third-order valence-corrected chi connectivity index (χ3v) is 6.89. The first kappa shape index (κ1) is 20.9. The number of carbonyl (C=O) groups is 2. The molecule has 30 heavy (non-hydrogen) atoms. The SMILES string of the molecule is O=C(O)CCC1CCCN(C(=O)N2CCC(Cc3ccc4c(n3)NCCC4)CC2)C1. The lowest BCUT2D eigenvalue weighted by molar-refractivity contribution is -0.137. The molecule has 7 nitrogen and oxygen atoms in total. The molecule has 2 amide bonds. The van der Waals surface area contributed by atoms with Crippen molar-refractivity contribution in [1.82, 2.24) is 14.8 Å². The number of rotatable bonds is 5. The molecule has 164 valence electrons. The maximum atomic E-state index is 13.0. The predicted molar refractivity (Wildman–Crippen MR) is 116 cm³/mol. The highest BCUT2D eigenvalue weighted by Crippen LogP contribution is 2.27. The molecule has 3 aliphatic heterocycles. The number of likely N-dealkylation sites (tertiary alicyclic amines) is 2.